The SMILES string of the molecule is O=C(CN1N=C(C(=O)Nc2ccc(F)cc2)CCC1=O)Nc1ccc(C(F)(F)F)cc1. The summed E-state index contributed by atoms with van der Waals surface area (Å²) in [4.78, 5) is 36.5. The van der Waals surface area contributed by atoms with Crippen molar-refractivity contribution in [1.29, 1.82) is 0 Å². The standard InChI is InChI=1S/C20H16F4N4O3/c21-13-3-7-15(8-4-13)26-19(31)16-9-10-18(30)28(27-16)11-17(29)25-14-5-1-12(2-6-14)20(22,23)24/h1-8H,9-11H2,(H,25,29)(H,26,31). The zero-order valence-corrected chi connectivity index (χ0v) is 15.9. The molecule has 11 heteroatoms. The maximum atomic E-state index is 13.0. The lowest BCUT2D eigenvalue weighted by Crippen LogP contribution is -2.40. The van der Waals surface area contributed by atoms with Crippen LogP contribution in [0.15, 0.2) is 53.6 Å². The van der Waals surface area contributed by atoms with Crippen molar-refractivity contribution in [3.63, 3.8) is 0 Å². The van der Waals surface area contributed by atoms with Gasteiger partial charge in [0, 0.05) is 24.2 Å². The van der Waals surface area contributed by atoms with E-state index < -0.39 is 41.8 Å². The van der Waals surface area contributed by atoms with Crippen molar-refractivity contribution in [2.24, 2.45) is 5.10 Å². The van der Waals surface area contributed by atoms with E-state index >= 15 is 0 Å². The number of hydrazone groups is 1. The minimum Gasteiger partial charge on any atom is -0.324 e. The number of amides is 3. The monoisotopic (exact) mass is 436 g/mol. The zero-order chi connectivity index (χ0) is 22.6. The summed E-state index contributed by atoms with van der Waals surface area (Å²) in [6.07, 6.45) is -4.49. The van der Waals surface area contributed by atoms with E-state index in [-0.39, 0.29) is 24.2 Å². The first-order valence-electron chi connectivity index (χ1n) is 9.04. The number of hydrogen-bond donors (Lipinski definition) is 2. The smallest absolute Gasteiger partial charge is 0.324 e. The molecule has 1 heterocycles. The quantitative estimate of drug-likeness (QED) is 0.704. The minimum atomic E-state index is -4.50. The highest BCUT2D eigenvalue weighted by atomic mass is 19.4. The van der Waals surface area contributed by atoms with Crippen LogP contribution in [0.5, 0.6) is 0 Å². The number of benzene rings is 2. The van der Waals surface area contributed by atoms with E-state index in [0.29, 0.717) is 5.69 Å². The van der Waals surface area contributed by atoms with Gasteiger partial charge >= 0.3 is 6.18 Å². The fraction of sp³-hybridized carbons (Fsp3) is 0.200. The Labute approximate surface area is 173 Å². The molecule has 0 atom stereocenters. The summed E-state index contributed by atoms with van der Waals surface area (Å²) in [7, 11) is 0. The number of rotatable bonds is 5. The van der Waals surface area contributed by atoms with Crippen LogP contribution in [0.4, 0.5) is 28.9 Å². The molecule has 0 saturated heterocycles. The van der Waals surface area contributed by atoms with Crippen LogP contribution in [0.25, 0.3) is 0 Å². The van der Waals surface area contributed by atoms with Gasteiger partial charge in [0.05, 0.1) is 5.56 Å². The number of halogens is 4. The predicted octanol–water partition coefficient (Wildman–Crippen LogP) is 3.40. The lowest BCUT2D eigenvalue weighted by Gasteiger charge is -2.22. The Morgan fingerprint density at radius 2 is 1.52 bits per heavy atom. The summed E-state index contributed by atoms with van der Waals surface area (Å²) in [5.41, 5.74) is -0.414. The Bertz CT molecular complexity index is 1020. The van der Waals surface area contributed by atoms with Crippen LogP contribution in [-0.2, 0) is 20.6 Å². The van der Waals surface area contributed by atoms with Crippen molar-refractivity contribution in [1.82, 2.24) is 5.01 Å². The molecule has 2 aromatic rings. The summed E-state index contributed by atoms with van der Waals surface area (Å²) < 4.78 is 50.7. The summed E-state index contributed by atoms with van der Waals surface area (Å²) in [5, 5.41) is 9.62. The van der Waals surface area contributed by atoms with Gasteiger partial charge in [0.15, 0.2) is 0 Å². The molecule has 3 amide bonds. The van der Waals surface area contributed by atoms with Gasteiger partial charge in [0.2, 0.25) is 11.8 Å². The number of nitrogens with zero attached hydrogens (tertiary/aromatic N) is 2. The van der Waals surface area contributed by atoms with Gasteiger partial charge in [-0.15, -0.1) is 0 Å². The molecule has 31 heavy (non-hydrogen) atoms. The third-order valence-electron chi connectivity index (χ3n) is 4.26. The molecule has 0 fully saturated rings. The van der Waals surface area contributed by atoms with Gasteiger partial charge in [-0.3, -0.25) is 14.4 Å². The van der Waals surface area contributed by atoms with Crippen molar-refractivity contribution in [2.45, 2.75) is 19.0 Å². The number of anilines is 2. The minimum absolute atomic E-state index is 0.00579. The Hall–Kier alpha value is -3.76. The van der Waals surface area contributed by atoms with Gasteiger partial charge in [0.25, 0.3) is 5.91 Å². The van der Waals surface area contributed by atoms with E-state index in [9.17, 15) is 31.9 Å². The number of alkyl halides is 3. The molecular formula is C20H16F4N4O3. The van der Waals surface area contributed by atoms with Gasteiger partial charge in [0.1, 0.15) is 18.1 Å². The molecule has 0 unspecified atom stereocenters. The summed E-state index contributed by atoms with van der Waals surface area (Å²) in [5.74, 6) is -2.26. The number of nitrogens with one attached hydrogen (secondary N) is 2. The first-order chi connectivity index (χ1) is 14.6. The van der Waals surface area contributed by atoms with Crippen LogP contribution in [0.3, 0.4) is 0 Å². The van der Waals surface area contributed by atoms with Gasteiger partial charge in [-0.25, -0.2) is 9.40 Å². The predicted molar refractivity (Wildman–Crippen MR) is 103 cm³/mol. The van der Waals surface area contributed by atoms with E-state index in [2.05, 4.69) is 15.7 Å². The van der Waals surface area contributed by atoms with Crippen LogP contribution in [-0.4, -0.2) is 35.0 Å². The van der Waals surface area contributed by atoms with Crippen molar-refractivity contribution in [3.8, 4) is 0 Å². The Balaban J connectivity index is 1.62. The highest BCUT2D eigenvalue weighted by Gasteiger charge is 2.30. The third kappa shape index (κ3) is 5.87. The Morgan fingerprint density at radius 1 is 0.935 bits per heavy atom. The second-order valence-corrected chi connectivity index (χ2v) is 6.58. The van der Waals surface area contributed by atoms with Crippen molar-refractivity contribution in [2.75, 3.05) is 17.2 Å². The molecular weight excluding hydrogens is 420 g/mol. The van der Waals surface area contributed by atoms with Crippen molar-refractivity contribution in [3.05, 3.63) is 59.9 Å². The summed E-state index contributed by atoms with van der Waals surface area (Å²) >= 11 is 0. The molecule has 2 N–H and O–H groups in total. The van der Waals surface area contributed by atoms with Crippen LogP contribution in [0, 0.1) is 5.82 Å². The Kier molecular flexibility index (Phi) is 6.33. The van der Waals surface area contributed by atoms with E-state index in [1.54, 1.807) is 0 Å². The fourth-order valence-corrected chi connectivity index (χ4v) is 2.70. The summed E-state index contributed by atoms with van der Waals surface area (Å²) in [6, 6.07) is 8.86. The first kappa shape index (κ1) is 21.9. The van der Waals surface area contributed by atoms with Gasteiger partial charge < -0.3 is 10.6 Å². The van der Waals surface area contributed by atoms with Gasteiger partial charge in [-0.1, -0.05) is 0 Å². The molecule has 0 saturated carbocycles. The second kappa shape index (κ2) is 8.94. The molecule has 2 aromatic carbocycles. The summed E-state index contributed by atoms with van der Waals surface area (Å²) in [6.45, 7) is -0.521. The van der Waals surface area contributed by atoms with Crippen LogP contribution >= 0.6 is 0 Å². The molecule has 0 bridgehead atoms. The highest BCUT2D eigenvalue weighted by molar-refractivity contribution is 6.43. The molecule has 0 aliphatic carbocycles. The zero-order valence-electron chi connectivity index (χ0n) is 15.9. The fourth-order valence-electron chi connectivity index (χ4n) is 2.70. The largest absolute Gasteiger partial charge is 0.416 e. The molecule has 162 valence electrons. The lowest BCUT2D eigenvalue weighted by atomic mass is 10.1. The maximum absolute atomic E-state index is 13.0. The van der Waals surface area contributed by atoms with E-state index in [4.69, 9.17) is 0 Å². The lowest BCUT2D eigenvalue weighted by molar-refractivity contribution is -0.137. The number of carbonyl (C=O) groups is 3. The van der Waals surface area contributed by atoms with Crippen LogP contribution < -0.4 is 10.6 Å². The molecule has 3 rings (SSSR count). The molecule has 0 spiro atoms. The highest BCUT2D eigenvalue weighted by Crippen LogP contribution is 2.29. The van der Waals surface area contributed by atoms with Gasteiger partial charge in [-0.05, 0) is 48.5 Å². The van der Waals surface area contributed by atoms with Crippen molar-refractivity contribution >= 4 is 34.8 Å². The van der Waals surface area contributed by atoms with Crippen molar-refractivity contribution < 1.29 is 31.9 Å². The number of hydrogen-bond acceptors (Lipinski definition) is 4. The normalized spacial score (nSPS) is 14.1. The second-order valence-electron chi connectivity index (χ2n) is 6.58. The van der Waals surface area contributed by atoms with E-state index in [1.807, 2.05) is 0 Å². The van der Waals surface area contributed by atoms with E-state index in [0.717, 1.165) is 29.3 Å². The molecule has 0 aromatic heterocycles. The van der Waals surface area contributed by atoms with Crippen LogP contribution in [0.2, 0.25) is 0 Å². The average molecular weight is 436 g/mol. The maximum Gasteiger partial charge on any atom is 0.416 e. The topological polar surface area (TPSA) is 90.9 Å². The Morgan fingerprint density at radius 3 is 2.13 bits per heavy atom. The number of carbonyl (C=O) groups excluding carboxylic acids is 3. The molecule has 7 nitrogen and oxygen atoms in total. The molecule has 1 aliphatic rings. The van der Waals surface area contributed by atoms with Crippen LogP contribution in [0.1, 0.15) is 18.4 Å². The third-order valence-corrected chi connectivity index (χ3v) is 4.26. The van der Waals surface area contributed by atoms with Gasteiger partial charge in [-0.2, -0.15) is 18.3 Å². The molecule has 1 aliphatic heterocycles. The average Bonchev–Trinajstić information content (AvgIpc) is 2.71. The van der Waals surface area contributed by atoms with E-state index in [1.165, 1.54) is 24.3 Å². The molecule has 0 radical (unpaired) electrons. The first-order valence-corrected chi connectivity index (χ1v) is 9.04.